The van der Waals surface area contributed by atoms with E-state index in [1.165, 1.54) is 13.4 Å². The number of benzene rings is 2. The molecule has 0 saturated carbocycles. The molecule has 0 aliphatic carbocycles. The van der Waals surface area contributed by atoms with Crippen LogP contribution in [0.4, 0.5) is 0 Å². The molecule has 0 radical (unpaired) electrons. The Balaban J connectivity index is 2.58. The highest BCUT2D eigenvalue weighted by atomic mass is 79.9. The summed E-state index contributed by atoms with van der Waals surface area (Å²) in [7, 11) is -1.94. The van der Waals surface area contributed by atoms with E-state index in [9.17, 15) is 13.2 Å². The van der Waals surface area contributed by atoms with Gasteiger partial charge in [0.2, 0.25) is 0 Å². The van der Waals surface area contributed by atoms with Crippen LogP contribution in [0.25, 0.3) is 0 Å². The molecular weight excluding hydrogens is 442 g/mol. The Morgan fingerprint density at radius 2 is 1.54 bits per heavy atom. The first-order valence-electron chi connectivity index (χ1n) is 8.84. The number of nitrogens with zero attached hydrogens (tertiary/aromatic N) is 1. The predicted molar refractivity (Wildman–Crippen MR) is 115 cm³/mol. The molecule has 0 saturated heterocycles. The summed E-state index contributed by atoms with van der Waals surface area (Å²) in [4.78, 5) is 17.2. The second-order valence-corrected chi connectivity index (χ2v) is 9.88. The zero-order chi connectivity index (χ0) is 20.9. The fraction of sp³-hybridized carbons (Fsp3) is 0.333. The molecule has 0 heterocycles. The van der Waals surface area contributed by atoms with Crippen LogP contribution in [-0.2, 0) is 19.4 Å². The molecule has 150 valence electrons. The number of aliphatic imine (C=N–C) groups is 1. The predicted octanol–water partition coefficient (Wildman–Crippen LogP) is 4.28. The van der Waals surface area contributed by atoms with E-state index >= 15 is 0 Å². The summed E-state index contributed by atoms with van der Waals surface area (Å²) in [6, 6.07) is 13.5. The maximum atomic E-state index is 12.3. The standard InChI is InChI=1S/C21H24BrNO4S/c1-14(2)13-19(21(24)27-3)23-20(15-5-9-17(22)10-6-15)16-7-11-18(12-8-16)28(4,25)26/h5-12,14,19H,13H2,1-4H3/t19-/m0/s1. The monoisotopic (exact) mass is 465 g/mol. The number of halogens is 1. The molecule has 0 fully saturated rings. The molecule has 5 nitrogen and oxygen atoms in total. The first kappa shape index (κ1) is 22.3. The van der Waals surface area contributed by atoms with Crippen LogP contribution in [0.3, 0.4) is 0 Å². The molecule has 0 aromatic heterocycles. The van der Waals surface area contributed by atoms with Crippen molar-refractivity contribution in [1.82, 2.24) is 0 Å². The number of ether oxygens (including phenoxy) is 1. The highest BCUT2D eigenvalue weighted by molar-refractivity contribution is 9.10. The van der Waals surface area contributed by atoms with Crippen LogP contribution in [-0.4, -0.2) is 39.5 Å². The van der Waals surface area contributed by atoms with Gasteiger partial charge in [0, 0.05) is 21.9 Å². The summed E-state index contributed by atoms with van der Waals surface area (Å²) >= 11 is 3.42. The molecule has 28 heavy (non-hydrogen) atoms. The lowest BCUT2D eigenvalue weighted by atomic mass is 10.00. The van der Waals surface area contributed by atoms with Gasteiger partial charge in [0.25, 0.3) is 0 Å². The number of hydrogen-bond donors (Lipinski definition) is 0. The number of methoxy groups -OCH3 is 1. The minimum atomic E-state index is -3.29. The fourth-order valence-corrected chi connectivity index (χ4v) is 3.62. The van der Waals surface area contributed by atoms with E-state index in [1.54, 1.807) is 24.3 Å². The largest absolute Gasteiger partial charge is 0.467 e. The van der Waals surface area contributed by atoms with E-state index in [4.69, 9.17) is 9.73 Å². The fourth-order valence-electron chi connectivity index (χ4n) is 2.72. The molecule has 7 heteroatoms. The molecule has 0 aliphatic rings. The number of carbonyl (C=O) groups is 1. The molecule has 2 rings (SSSR count). The topological polar surface area (TPSA) is 72.8 Å². The van der Waals surface area contributed by atoms with Crippen molar-refractivity contribution in [2.45, 2.75) is 31.2 Å². The molecule has 0 spiro atoms. The zero-order valence-corrected chi connectivity index (χ0v) is 18.7. The average Bonchev–Trinajstić information content (AvgIpc) is 2.64. The first-order chi connectivity index (χ1) is 13.1. The second kappa shape index (κ2) is 9.47. The van der Waals surface area contributed by atoms with Gasteiger partial charge in [-0.25, -0.2) is 13.2 Å². The summed E-state index contributed by atoms with van der Waals surface area (Å²) in [5.74, 6) is -0.136. The molecule has 0 N–H and O–H groups in total. The van der Waals surface area contributed by atoms with Crippen molar-refractivity contribution in [3.8, 4) is 0 Å². The van der Waals surface area contributed by atoms with Gasteiger partial charge in [0.05, 0.1) is 17.7 Å². The summed E-state index contributed by atoms with van der Waals surface area (Å²) in [5.41, 5.74) is 2.17. The van der Waals surface area contributed by atoms with Crippen LogP contribution >= 0.6 is 15.9 Å². The number of rotatable bonds is 7. The van der Waals surface area contributed by atoms with Crippen LogP contribution in [0, 0.1) is 5.92 Å². The molecule has 2 aromatic rings. The molecule has 0 aliphatic heterocycles. The number of sulfone groups is 1. The van der Waals surface area contributed by atoms with Gasteiger partial charge in [-0.1, -0.05) is 54.0 Å². The van der Waals surface area contributed by atoms with E-state index in [2.05, 4.69) is 15.9 Å². The van der Waals surface area contributed by atoms with Crippen molar-refractivity contribution in [2.24, 2.45) is 10.9 Å². The lowest BCUT2D eigenvalue weighted by Gasteiger charge is -2.16. The van der Waals surface area contributed by atoms with Crippen LogP contribution in [0.1, 0.15) is 31.4 Å². The normalized spacial score (nSPS) is 13.4. The van der Waals surface area contributed by atoms with Crippen molar-refractivity contribution >= 4 is 37.4 Å². The van der Waals surface area contributed by atoms with Crippen molar-refractivity contribution in [3.63, 3.8) is 0 Å². The molecule has 0 bridgehead atoms. The Hall–Kier alpha value is -1.99. The molecule has 0 unspecified atom stereocenters. The molecule has 0 amide bonds. The minimum absolute atomic E-state index is 0.234. The summed E-state index contributed by atoms with van der Waals surface area (Å²) in [5, 5.41) is 0. The van der Waals surface area contributed by atoms with Crippen molar-refractivity contribution in [3.05, 3.63) is 64.1 Å². The summed E-state index contributed by atoms with van der Waals surface area (Å²) in [6.45, 7) is 4.04. The Morgan fingerprint density at radius 3 is 1.96 bits per heavy atom. The van der Waals surface area contributed by atoms with Crippen LogP contribution in [0.5, 0.6) is 0 Å². The number of hydrogen-bond acceptors (Lipinski definition) is 5. The van der Waals surface area contributed by atoms with Gasteiger partial charge >= 0.3 is 5.97 Å². The molecule has 2 aromatic carbocycles. The Kier molecular flexibility index (Phi) is 7.55. The third-order valence-electron chi connectivity index (χ3n) is 4.13. The lowest BCUT2D eigenvalue weighted by Crippen LogP contribution is -2.24. The smallest absolute Gasteiger partial charge is 0.330 e. The SMILES string of the molecule is COC(=O)[C@H](CC(C)C)N=C(c1ccc(Br)cc1)c1ccc(S(C)(=O)=O)cc1. The maximum absolute atomic E-state index is 12.3. The minimum Gasteiger partial charge on any atom is -0.467 e. The quantitative estimate of drug-likeness (QED) is 0.451. The van der Waals surface area contributed by atoms with Crippen molar-refractivity contribution in [2.75, 3.05) is 13.4 Å². The average molecular weight is 466 g/mol. The van der Waals surface area contributed by atoms with Crippen molar-refractivity contribution < 1.29 is 17.9 Å². The van der Waals surface area contributed by atoms with Gasteiger partial charge in [-0.05, 0) is 36.6 Å². The third kappa shape index (κ3) is 6.01. The lowest BCUT2D eigenvalue weighted by molar-refractivity contribution is -0.142. The van der Waals surface area contributed by atoms with Crippen LogP contribution in [0.15, 0.2) is 62.9 Å². The third-order valence-corrected chi connectivity index (χ3v) is 5.78. The van der Waals surface area contributed by atoms with Gasteiger partial charge in [0.1, 0.15) is 6.04 Å². The second-order valence-electron chi connectivity index (χ2n) is 6.95. The summed E-state index contributed by atoms with van der Waals surface area (Å²) < 4.78 is 29.4. The Morgan fingerprint density at radius 1 is 1.04 bits per heavy atom. The Labute approximate surface area is 174 Å². The molecular formula is C21H24BrNO4S. The van der Waals surface area contributed by atoms with Crippen LogP contribution < -0.4 is 0 Å². The van der Waals surface area contributed by atoms with Crippen LogP contribution in [0.2, 0.25) is 0 Å². The van der Waals surface area contributed by atoms with Gasteiger partial charge in [-0.3, -0.25) is 4.99 Å². The number of esters is 1. The van der Waals surface area contributed by atoms with E-state index < -0.39 is 21.8 Å². The van der Waals surface area contributed by atoms with Gasteiger partial charge in [0.15, 0.2) is 9.84 Å². The molecule has 1 atom stereocenters. The van der Waals surface area contributed by atoms with Gasteiger partial charge < -0.3 is 4.74 Å². The first-order valence-corrected chi connectivity index (χ1v) is 11.5. The van der Waals surface area contributed by atoms with E-state index in [0.717, 1.165) is 15.6 Å². The number of carbonyl (C=O) groups excluding carboxylic acids is 1. The van der Waals surface area contributed by atoms with E-state index in [0.29, 0.717) is 12.1 Å². The summed E-state index contributed by atoms with van der Waals surface area (Å²) in [6.07, 6.45) is 1.72. The van der Waals surface area contributed by atoms with E-state index in [1.807, 2.05) is 38.1 Å². The maximum Gasteiger partial charge on any atom is 0.330 e. The Bertz CT molecular complexity index is 949. The van der Waals surface area contributed by atoms with Gasteiger partial charge in [-0.15, -0.1) is 0 Å². The highest BCUT2D eigenvalue weighted by Crippen LogP contribution is 2.20. The highest BCUT2D eigenvalue weighted by Gasteiger charge is 2.22. The van der Waals surface area contributed by atoms with Gasteiger partial charge in [-0.2, -0.15) is 0 Å². The zero-order valence-electron chi connectivity index (χ0n) is 16.3. The van der Waals surface area contributed by atoms with Crippen molar-refractivity contribution in [1.29, 1.82) is 0 Å². The van der Waals surface area contributed by atoms with E-state index in [-0.39, 0.29) is 10.8 Å².